The summed E-state index contributed by atoms with van der Waals surface area (Å²) < 4.78 is 0. The molecule has 1 unspecified atom stereocenters. The number of hydrogen-bond donors (Lipinski definition) is 3. The van der Waals surface area contributed by atoms with Gasteiger partial charge in [0.25, 0.3) is 5.91 Å². The van der Waals surface area contributed by atoms with Gasteiger partial charge in [0.2, 0.25) is 5.91 Å². The number of amides is 2. The third kappa shape index (κ3) is 12.9. The van der Waals surface area contributed by atoms with E-state index in [1.807, 2.05) is 79.4 Å². The maximum Gasteiger partial charge on any atom is 0.258 e. The second-order valence-electron chi connectivity index (χ2n) is 11.3. The summed E-state index contributed by atoms with van der Waals surface area (Å²) in [4.78, 5) is 36.6. The zero-order valence-electron chi connectivity index (χ0n) is 30.1. The summed E-state index contributed by atoms with van der Waals surface area (Å²) in [6.07, 6.45) is 13.4. The molecule has 0 radical (unpaired) electrons. The molecule has 6 rings (SSSR count). The number of nitrogens with zero attached hydrogens (tertiary/aromatic N) is 4. The fraction of sp³-hybridized carbons (Fsp3) is 0.317. The molecular formula is C41H50N6O3S. The Labute approximate surface area is 307 Å². The SMILES string of the molecule is C#CC.CC.CC(=O)Nc1ccccn1.O=C(c1ccc(NC(O)c2cccnc2N2CCCC2)cc1)N1CCC/C=C\SCc2ccccc21. The van der Waals surface area contributed by atoms with Crippen LogP contribution in [0.3, 0.4) is 0 Å². The van der Waals surface area contributed by atoms with Crippen LogP contribution in [0.5, 0.6) is 0 Å². The maximum atomic E-state index is 13.6. The summed E-state index contributed by atoms with van der Waals surface area (Å²) in [6, 6.07) is 24.6. The highest BCUT2D eigenvalue weighted by Gasteiger charge is 2.22. The van der Waals surface area contributed by atoms with E-state index in [0.717, 1.165) is 72.8 Å². The van der Waals surface area contributed by atoms with E-state index in [1.165, 1.54) is 6.92 Å². The molecule has 10 heteroatoms. The lowest BCUT2D eigenvalue weighted by Gasteiger charge is -2.26. The number of hydrogen-bond acceptors (Lipinski definition) is 8. The quantitative estimate of drug-likeness (QED) is 0.135. The van der Waals surface area contributed by atoms with Crippen LogP contribution in [-0.2, 0) is 10.5 Å². The van der Waals surface area contributed by atoms with Crippen LogP contribution >= 0.6 is 11.8 Å². The number of benzene rings is 2. The first-order valence-corrected chi connectivity index (χ1v) is 18.4. The van der Waals surface area contributed by atoms with Gasteiger partial charge < -0.3 is 25.5 Å². The van der Waals surface area contributed by atoms with E-state index in [1.54, 1.807) is 43.2 Å². The third-order valence-electron chi connectivity index (χ3n) is 7.63. The number of thioether (sulfide) groups is 1. The van der Waals surface area contributed by atoms with Gasteiger partial charge in [0.15, 0.2) is 6.23 Å². The van der Waals surface area contributed by atoms with Gasteiger partial charge in [-0.3, -0.25) is 9.59 Å². The van der Waals surface area contributed by atoms with Crippen LogP contribution in [0.15, 0.2) is 103 Å². The molecule has 0 bridgehead atoms. The van der Waals surface area contributed by atoms with Crippen LogP contribution in [0.4, 0.5) is 23.0 Å². The van der Waals surface area contributed by atoms with Crippen molar-refractivity contribution in [2.45, 2.75) is 65.4 Å². The average Bonchev–Trinajstić information content (AvgIpc) is 3.70. The lowest BCUT2D eigenvalue weighted by atomic mass is 10.1. The Balaban J connectivity index is 0.000000394. The number of aliphatic hydroxyl groups excluding tert-OH is 1. The van der Waals surface area contributed by atoms with Crippen LogP contribution in [0.1, 0.15) is 81.1 Å². The van der Waals surface area contributed by atoms with Gasteiger partial charge in [0, 0.05) is 67.2 Å². The lowest BCUT2D eigenvalue weighted by Crippen LogP contribution is -2.32. The number of aliphatic hydroxyl groups is 1. The van der Waals surface area contributed by atoms with Gasteiger partial charge in [-0.2, -0.15) is 0 Å². The number of carbonyl (C=O) groups excluding carboxylic acids is 2. The molecule has 2 aromatic carbocycles. The molecule has 1 fully saturated rings. The predicted molar refractivity (Wildman–Crippen MR) is 213 cm³/mol. The Morgan fingerprint density at radius 3 is 2.27 bits per heavy atom. The Morgan fingerprint density at radius 2 is 1.59 bits per heavy atom. The summed E-state index contributed by atoms with van der Waals surface area (Å²) in [6.45, 7) is 9.70. The molecule has 0 spiro atoms. The van der Waals surface area contributed by atoms with E-state index < -0.39 is 6.23 Å². The molecule has 4 aromatic rings. The summed E-state index contributed by atoms with van der Waals surface area (Å²) in [5, 5.41) is 18.8. The number of terminal acetylenes is 1. The minimum Gasteiger partial charge on any atom is -0.369 e. The van der Waals surface area contributed by atoms with Crippen molar-refractivity contribution < 1.29 is 14.7 Å². The van der Waals surface area contributed by atoms with Gasteiger partial charge >= 0.3 is 0 Å². The summed E-state index contributed by atoms with van der Waals surface area (Å²) in [5.41, 5.74) is 4.28. The Hall–Kier alpha value is -5.11. The maximum absolute atomic E-state index is 13.6. The number of allylic oxidation sites excluding steroid dienone is 1. The molecule has 0 aliphatic carbocycles. The minimum absolute atomic E-state index is 0.00678. The number of anilines is 4. The number of carbonyl (C=O) groups is 2. The van der Waals surface area contributed by atoms with Crippen molar-refractivity contribution in [3.8, 4) is 12.3 Å². The van der Waals surface area contributed by atoms with Crippen LogP contribution in [0.2, 0.25) is 0 Å². The molecule has 2 amide bonds. The molecule has 0 saturated carbocycles. The minimum atomic E-state index is -0.893. The predicted octanol–water partition coefficient (Wildman–Crippen LogP) is 8.68. The molecule has 2 aliphatic rings. The van der Waals surface area contributed by atoms with Crippen molar-refractivity contribution in [2.24, 2.45) is 0 Å². The van der Waals surface area contributed by atoms with Crippen molar-refractivity contribution in [3.05, 3.63) is 119 Å². The topological polar surface area (TPSA) is 111 Å². The highest BCUT2D eigenvalue weighted by molar-refractivity contribution is 8.01. The fourth-order valence-corrected chi connectivity index (χ4v) is 6.19. The highest BCUT2D eigenvalue weighted by Crippen LogP contribution is 2.30. The molecule has 9 nitrogen and oxygen atoms in total. The summed E-state index contributed by atoms with van der Waals surface area (Å²) in [7, 11) is 0. The van der Waals surface area contributed by atoms with Crippen LogP contribution in [-0.4, -0.2) is 46.5 Å². The molecule has 268 valence electrons. The fourth-order valence-electron chi connectivity index (χ4n) is 5.40. The molecule has 1 atom stereocenters. The van der Waals surface area contributed by atoms with Crippen molar-refractivity contribution >= 4 is 46.6 Å². The summed E-state index contributed by atoms with van der Waals surface area (Å²) in [5.74, 6) is 4.41. The number of para-hydroxylation sites is 1. The van der Waals surface area contributed by atoms with E-state index in [-0.39, 0.29) is 11.8 Å². The first kappa shape index (κ1) is 40.3. The molecule has 3 N–H and O–H groups in total. The monoisotopic (exact) mass is 706 g/mol. The average molecular weight is 707 g/mol. The molecule has 1 saturated heterocycles. The van der Waals surface area contributed by atoms with Crippen LogP contribution in [0.25, 0.3) is 0 Å². The molecule has 2 aromatic heterocycles. The first-order chi connectivity index (χ1) is 24.9. The van der Waals surface area contributed by atoms with Gasteiger partial charge in [-0.15, -0.1) is 24.1 Å². The van der Waals surface area contributed by atoms with Gasteiger partial charge in [-0.25, -0.2) is 9.97 Å². The standard InChI is InChI=1S/C29H32N4O2S.C7H8N2O.C3H4.C2H6/c34-28(25-10-8-16-30-27(25)32-17-5-6-18-32)31-24-14-12-22(13-15-24)29(35)33-19-4-1-7-20-36-21-23-9-2-3-11-26(23)33;1-6(10)9-7-4-2-3-5-8-7;1-3-2;1-2/h2-3,7-16,20,28,31,34H,1,4-6,17-19,21H2;2-5H,1H3,(H,8,9,10);1H,2H3;1-2H3/b20-7-;;;. The molecule has 51 heavy (non-hydrogen) atoms. The number of aromatic nitrogens is 2. The van der Waals surface area contributed by atoms with E-state index in [0.29, 0.717) is 17.9 Å². The Bertz CT molecular complexity index is 1700. The second-order valence-corrected chi connectivity index (χ2v) is 12.2. The zero-order valence-corrected chi connectivity index (χ0v) is 30.9. The van der Waals surface area contributed by atoms with Crippen LogP contribution < -0.4 is 20.4 Å². The van der Waals surface area contributed by atoms with Crippen molar-refractivity contribution in [2.75, 3.05) is 40.1 Å². The van der Waals surface area contributed by atoms with Crippen LogP contribution in [0, 0.1) is 12.3 Å². The van der Waals surface area contributed by atoms with Crippen molar-refractivity contribution in [1.82, 2.24) is 9.97 Å². The first-order valence-electron chi connectivity index (χ1n) is 17.4. The molecule has 2 aliphatic heterocycles. The number of pyridine rings is 2. The van der Waals surface area contributed by atoms with Gasteiger partial charge in [-0.1, -0.05) is 44.2 Å². The number of nitrogens with one attached hydrogen (secondary N) is 2. The highest BCUT2D eigenvalue weighted by atomic mass is 32.2. The number of rotatable bonds is 6. The second kappa shape index (κ2) is 22.6. The van der Waals surface area contributed by atoms with E-state index in [4.69, 9.17) is 0 Å². The Kier molecular flexibility index (Phi) is 17.8. The van der Waals surface area contributed by atoms with Gasteiger partial charge in [0.05, 0.1) is 0 Å². The van der Waals surface area contributed by atoms with Gasteiger partial charge in [0.1, 0.15) is 11.6 Å². The smallest absolute Gasteiger partial charge is 0.258 e. The Morgan fingerprint density at radius 1 is 0.902 bits per heavy atom. The van der Waals surface area contributed by atoms with Gasteiger partial charge in [-0.05, 0) is 98.2 Å². The lowest BCUT2D eigenvalue weighted by molar-refractivity contribution is -0.114. The molecule has 4 heterocycles. The summed E-state index contributed by atoms with van der Waals surface area (Å²) >= 11 is 1.76. The molecular weight excluding hydrogens is 657 g/mol. The van der Waals surface area contributed by atoms with E-state index in [2.05, 4.69) is 55.4 Å². The number of fused-ring (bicyclic) bond motifs is 1. The largest absolute Gasteiger partial charge is 0.369 e. The third-order valence-corrected chi connectivity index (χ3v) is 8.50. The van der Waals surface area contributed by atoms with Crippen molar-refractivity contribution in [3.63, 3.8) is 0 Å². The normalized spacial score (nSPS) is 14.6. The van der Waals surface area contributed by atoms with E-state index >= 15 is 0 Å². The zero-order chi connectivity index (χ0) is 36.8. The van der Waals surface area contributed by atoms with Crippen molar-refractivity contribution in [1.29, 1.82) is 0 Å². The van der Waals surface area contributed by atoms with E-state index in [9.17, 15) is 14.7 Å².